The molecule has 0 fully saturated rings. The standard InChI is InChI=1S/C14H17N3O3/c1-14(2,3)11(13(19)20)15-12(18)10-8-6-4-5-7-9(8)16-17-10/h4-7,11H,1-3H3,(H,15,18)(H,16,17)(H,19,20). The van der Waals surface area contributed by atoms with E-state index in [1.165, 1.54) is 0 Å². The first kappa shape index (κ1) is 14.0. The van der Waals surface area contributed by atoms with E-state index in [4.69, 9.17) is 0 Å². The minimum atomic E-state index is -1.06. The fourth-order valence-electron chi connectivity index (χ4n) is 1.98. The van der Waals surface area contributed by atoms with E-state index in [1.54, 1.807) is 39.0 Å². The van der Waals surface area contributed by atoms with E-state index in [2.05, 4.69) is 15.5 Å². The number of carbonyl (C=O) groups excluding carboxylic acids is 1. The number of carboxylic acids is 1. The van der Waals surface area contributed by atoms with E-state index in [9.17, 15) is 14.7 Å². The number of aliphatic carboxylic acids is 1. The normalized spacial score (nSPS) is 13.2. The van der Waals surface area contributed by atoms with Crippen LogP contribution in [-0.2, 0) is 4.79 Å². The predicted molar refractivity (Wildman–Crippen MR) is 74.4 cm³/mol. The van der Waals surface area contributed by atoms with Gasteiger partial charge in [-0.1, -0.05) is 39.0 Å². The lowest BCUT2D eigenvalue weighted by molar-refractivity contribution is -0.142. The van der Waals surface area contributed by atoms with Crippen molar-refractivity contribution in [2.45, 2.75) is 26.8 Å². The molecule has 1 aromatic heterocycles. The summed E-state index contributed by atoms with van der Waals surface area (Å²) in [5, 5.41) is 19.1. The molecule has 0 aliphatic carbocycles. The van der Waals surface area contributed by atoms with Gasteiger partial charge in [0.1, 0.15) is 6.04 Å². The van der Waals surface area contributed by atoms with Gasteiger partial charge in [-0.15, -0.1) is 0 Å². The van der Waals surface area contributed by atoms with Crippen LogP contribution < -0.4 is 5.32 Å². The molecule has 0 saturated carbocycles. The molecule has 2 aromatic rings. The second kappa shape index (κ2) is 4.96. The first-order valence-corrected chi connectivity index (χ1v) is 6.27. The van der Waals surface area contributed by atoms with E-state index in [-0.39, 0.29) is 5.69 Å². The third kappa shape index (κ3) is 2.64. The van der Waals surface area contributed by atoms with Crippen LogP contribution in [0.1, 0.15) is 31.3 Å². The van der Waals surface area contributed by atoms with Gasteiger partial charge in [0, 0.05) is 5.39 Å². The molecule has 1 aromatic carbocycles. The van der Waals surface area contributed by atoms with E-state index < -0.39 is 23.3 Å². The maximum Gasteiger partial charge on any atom is 0.326 e. The number of carboxylic acid groups (broad SMARTS) is 1. The summed E-state index contributed by atoms with van der Waals surface area (Å²) in [5.74, 6) is -1.56. The summed E-state index contributed by atoms with van der Waals surface area (Å²) in [4.78, 5) is 23.5. The highest BCUT2D eigenvalue weighted by Crippen LogP contribution is 2.21. The lowest BCUT2D eigenvalue weighted by Crippen LogP contribution is -2.49. The van der Waals surface area contributed by atoms with E-state index in [0.29, 0.717) is 5.39 Å². The van der Waals surface area contributed by atoms with Crippen molar-refractivity contribution in [1.29, 1.82) is 0 Å². The molecule has 0 aliphatic heterocycles. The highest BCUT2D eigenvalue weighted by Gasteiger charge is 2.33. The van der Waals surface area contributed by atoms with Gasteiger partial charge in [0.25, 0.3) is 5.91 Å². The van der Waals surface area contributed by atoms with Gasteiger partial charge in [0.15, 0.2) is 5.69 Å². The molecular weight excluding hydrogens is 258 g/mol. The third-order valence-corrected chi connectivity index (χ3v) is 3.07. The number of nitrogens with one attached hydrogen (secondary N) is 2. The molecule has 0 spiro atoms. The number of hydrogen-bond acceptors (Lipinski definition) is 3. The average Bonchev–Trinajstić information content (AvgIpc) is 2.77. The molecule has 0 radical (unpaired) electrons. The van der Waals surface area contributed by atoms with Crippen LogP contribution in [-0.4, -0.2) is 33.2 Å². The quantitative estimate of drug-likeness (QED) is 0.795. The summed E-state index contributed by atoms with van der Waals surface area (Å²) in [6.07, 6.45) is 0. The van der Waals surface area contributed by atoms with Gasteiger partial charge in [0.2, 0.25) is 0 Å². The lowest BCUT2D eigenvalue weighted by atomic mass is 9.86. The van der Waals surface area contributed by atoms with Gasteiger partial charge in [-0.3, -0.25) is 9.89 Å². The minimum absolute atomic E-state index is 0.205. The second-order valence-electron chi connectivity index (χ2n) is 5.73. The summed E-state index contributed by atoms with van der Waals surface area (Å²) in [6, 6.07) is 6.22. The van der Waals surface area contributed by atoms with Gasteiger partial charge in [-0.2, -0.15) is 5.10 Å². The van der Waals surface area contributed by atoms with E-state index in [1.807, 2.05) is 6.07 Å². The molecule has 1 amide bonds. The van der Waals surface area contributed by atoms with Crippen molar-refractivity contribution < 1.29 is 14.7 Å². The number of fused-ring (bicyclic) bond motifs is 1. The highest BCUT2D eigenvalue weighted by atomic mass is 16.4. The van der Waals surface area contributed by atoms with E-state index in [0.717, 1.165) is 5.52 Å². The highest BCUT2D eigenvalue weighted by molar-refractivity contribution is 6.05. The second-order valence-corrected chi connectivity index (χ2v) is 5.73. The Morgan fingerprint density at radius 3 is 2.55 bits per heavy atom. The van der Waals surface area contributed by atoms with Crippen LogP contribution in [0, 0.1) is 5.41 Å². The molecule has 0 saturated heterocycles. The van der Waals surface area contributed by atoms with Gasteiger partial charge >= 0.3 is 5.97 Å². The summed E-state index contributed by atoms with van der Waals surface area (Å²) in [7, 11) is 0. The smallest absolute Gasteiger partial charge is 0.326 e. The van der Waals surface area contributed by atoms with Crippen molar-refractivity contribution in [2.24, 2.45) is 5.41 Å². The number of amides is 1. The Balaban J connectivity index is 2.30. The number of benzene rings is 1. The SMILES string of the molecule is CC(C)(C)C(NC(=O)c1n[nH]c2ccccc12)C(=O)O. The molecule has 2 rings (SSSR count). The van der Waals surface area contributed by atoms with Gasteiger partial charge in [0.05, 0.1) is 5.52 Å². The molecule has 20 heavy (non-hydrogen) atoms. The molecule has 0 aliphatic rings. The monoisotopic (exact) mass is 275 g/mol. The molecule has 1 atom stereocenters. The zero-order valence-corrected chi connectivity index (χ0v) is 11.6. The Hall–Kier alpha value is -2.37. The molecule has 6 nitrogen and oxygen atoms in total. The molecule has 0 bridgehead atoms. The Morgan fingerprint density at radius 2 is 1.95 bits per heavy atom. The van der Waals surface area contributed by atoms with Gasteiger partial charge in [-0.05, 0) is 11.5 Å². The van der Waals surface area contributed by atoms with Crippen LogP contribution in [0.15, 0.2) is 24.3 Å². The lowest BCUT2D eigenvalue weighted by Gasteiger charge is -2.27. The average molecular weight is 275 g/mol. The largest absolute Gasteiger partial charge is 0.480 e. The topological polar surface area (TPSA) is 95.1 Å². The Bertz CT molecular complexity index is 655. The first-order chi connectivity index (χ1) is 9.30. The number of rotatable bonds is 3. The third-order valence-electron chi connectivity index (χ3n) is 3.07. The Labute approximate surface area is 116 Å². The number of hydrogen-bond donors (Lipinski definition) is 3. The van der Waals surface area contributed by atoms with Crippen LogP contribution >= 0.6 is 0 Å². The number of carbonyl (C=O) groups is 2. The zero-order chi connectivity index (χ0) is 14.9. The number of aromatic nitrogens is 2. The maximum absolute atomic E-state index is 12.2. The summed E-state index contributed by atoms with van der Waals surface area (Å²) in [6.45, 7) is 5.28. The maximum atomic E-state index is 12.2. The molecule has 1 unspecified atom stereocenters. The fraction of sp³-hybridized carbons (Fsp3) is 0.357. The summed E-state index contributed by atoms with van der Waals surface area (Å²) >= 11 is 0. The van der Waals surface area contributed by atoms with Crippen molar-refractivity contribution in [3.63, 3.8) is 0 Å². The summed E-state index contributed by atoms with van der Waals surface area (Å²) in [5.41, 5.74) is 0.351. The Kier molecular flexibility index (Phi) is 3.48. The van der Waals surface area contributed by atoms with E-state index >= 15 is 0 Å². The predicted octanol–water partition coefficient (Wildman–Crippen LogP) is 1.79. The van der Waals surface area contributed by atoms with Crippen LogP contribution in [0.5, 0.6) is 0 Å². The van der Waals surface area contributed by atoms with Crippen LogP contribution in [0.25, 0.3) is 10.9 Å². The minimum Gasteiger partial charge on any atom is -0.480 e. The number of para-hydroxylation sites is 1. The van der Waals surface area contributed by atoms with Crippen molar-refractivity contribution in [3.8, 4) is 0 Å². The van der Waals surface area contributed by atoms with Crippen molar-refractivity contribution in [3.05, 3.63) is 30.0 Å². The number of H-pyrrole nitrogens is 1. The van der Waals surface area contributed by atoms with Crippen molar-refractivity contribution in [2.75, 3.05) is 0 Å². The molecule has 1 heterocycles. The molecule has 106 valence electrons. The van der Waals surface area contributed by atoms with Gasteiger partial charge in [-0.25, -0.2) is 4.79 Å². The zero-order valence-electron chi connectivity index (χ0n) is 11.6. The van der Waals surface area contributed by atoms with Crippen molar-refractivity contribution >= 4 is 22.8 Å². The van der Waals surface area contributed by atoms with Crippen LogP contribution in [0.3, 0.4) is 0 Å². The molecule has 6 heteroatoms. The molecular formula is C14H17N3O3. The number of nitrogens with zero attached hydrogens (tertiary/aromatic N) is 1. The number of aromatic amines is 1. The summed E-state index contributed by atoms with van der Waals surface area (Å²) < 4.78 is 0. The fourth-order valence-corrected chi connectivity index (χ4v) is 1.98. The molecule has 3 N–H and O–H groups in total. The Morgan fingerprint density at radius 1 is 1.30 bits per heavy atom. The van der Waals surface area contributed by atoms with Crippen LogP contribution in [0.4, 0.5) is 0 Å². The van der Waals surface area contributed by atoms with Gasteiger partial charge < -0.3 is 10.4 Å². The van der Waals surface area contributed by atoms with Crippen LogP contribution in [0.2, 0.25) is 0 Å². The van der Waals surface area contributed by atoms with Crippen molar-refractivity contribution in [1.82, 2.24) is 15.5 Å². The first-order valence-electron chi connectivity index (χ1n) is 6.27.